The monoisotopic (exact) mass is 250 g/mol. The van der Waals surface area contributed by atoms with Gasteiger partial charge >= 0.3 is 6.09 Å². The Bertz CT molecular complexity index is 391. The number of nitrogens with two attached hydrogens (primary N) is 1. The molecule has 0 aliphatic rings. The van der Waals surface area contributed by atoms with Crippen LogP contribution in [0.3, 0.4) is 0 Å². The van der Waals surface area contributed by atoms with Crippen LogP contribution in [-0.2, 0) is 11.3 Å². The van der Waals surface area contributed by atoms with Gasteiger partial charge in [0.1, 0.15) is 0 Å². The summed E-state index contributed by atoms with van der Waals surface area (Å²) in [5.74, 6) is 0. The van der Waals surface area contributed by atoms with Crippen molar-refractivity contribution in [3.8, 4) is 0 Å². The number of nitrogens with zero attached hydrogens (tertiary/aromatic N) is 1. The molecule has 0 saturated heterocycles. The Labute approximate surface area is 109 Å². The zero-order valence-corrected chi connectivity index (χ0v) is 11.3. The van der Waals surface area contributed by atoms with E-state index in [9.17, 15) is 4.79 Å². The van der Waals surface area contributed by atoms with Crippen LogP contribution < -0.4 is 5.73 Å². The van der Waals surface area contributed by atoms with Crippen molar-refractivity contribution in [2.75, 3.05) is 12.3 Å². The van der Waals surface area contributed by atoms with E-state index in [4.69, 9.17) is 10.5 Å². The maximum atomic E-state index is 11.9. The molecule has 1 aromatic carbocycles. The van der Waals surface area contributed by atoms with Gasteiger partial charge in [0.05, 0.1) is 12.6 Å². The molecular formula is C14H22N2O2. The highest BCUT2D eigenvalue weighted by atomic mass is 16.6. The third kappa shape index (κ3) is 4.28. The van der Waals surface area contributed by atoms with Crippen LogP contribution in [-0.4, -0.2) is 23.6 Å². The number of nitrogen functional groups attached to an aromatic ring is 1. The second kappa shape index (κ2) is 6.89. The van der Waals surface area contributed by atoms with E-state index in [-0.39, 0.29) is 12.2 Å². The lowest BCUT2D eigenvalue weighted by Gasteiger charge is -2.23. The zero-order valence-electron chi connectivity index (χ0n) is 11.3. The number of carbonyl (C=O) groups is 1. The lowest BCUT2D eigenvalue weighted by Crippen LogP contribution is -2.33. The van der Waals surface area contributed by atoms with Gasteiger partial charge in [0.25, 0.3) is 0 Å². The Morgan fingerprint density at radius 2 is 2.06 bits per heavy atom. The first-order valence-corrected chi connectivity index (χ1v) is 6.33. The maximum Gasteiger partial charge on any atom is 0.410 e. The van der Waals surface area contributed by atoms with Crippen molar-refractivity contribution in [1.82, 2.24) is 4.90 Å². The smallest absolute Gasteiger partial charge is 0.410 e. The Morgan fingerprint density at radius 1 is 1.39 bits per heavy atom. The summed E-state index contributed by atoms with van der Waals surface area (Å²) in [5.41, 5.74) is 7.54. The Kier molecular flexibility index (Phi) is 5.49. The number of para-hydroxylation sites is 1. The van der Waals surface area contributed by atoms with Crippen LogP contribution >= 0.6 is 0 Å². The van der Waals surface area contributed by atoms with Gasteiger partial charge in [-0.1, -0.05) is 25.1 Å². The number of hydrogen-bond acceptors (Lipinski definition) is 3. The molecule has 1 amide bonds. The Hall–Kier alpha value is -1.71. The molecule has 0 bridgehead atoms. The van der Waals surface area contributed by atoms with E-state index in [2.05, 4.69) is 0 Å². The third-order valence-electron chi connectivity index (χ3n) is 2.50. The van der Waals surface area contributed by atoms with E-state index in [1.807, 2.05) is 45.0 Å². The van der Waals surface area contributed by atoms with Gasteiger partial charge in [-0.15, -0.1) is 0 Å². The highest BCUT2D eigenvalue weighted by Crippen LogP contribution is 2.14. The molecule has 0 aliphatic carbocycles. The fraction of sp³-hybridized carbons (Fsp3) is 0.500. The van der Waals surface area contributed by atoms with Gasteiger partial charge < -0.3 is 15.4 Å². The molecule has 4 nitrogen and oxygen atoms in total. The highest BCUT2D eigenvalue weighted by molar-refractivity contribution is 5.68. The molecule has 2 N–H and O–H groups in total. The minimum absolute atomic E-state index is 0.107. The summed E-state index contributed by atoms with van der Waals surface area (Å²) >= 11 is 0. The molecule has 0 heterocycles. The molecule has 0 spiro atoms. The van der Waals surface area contributed by atoms with Crippen LogP contribution in [0, 0.1) is 0 Å². The predicted molar refractivity (Wildman–Crippen MR) is 73.2 cm³/mol. The van der Waals surface area contributed by atoms with E-state index < -0.39 is 0 Å². The average molecular weight is 250 g/mol. The molecular weight excluding hydrogens is 228 g/mol. The topological polar surface area (TPSA) is 55.6 Å². The van der Waals surface area contributed by atoms with Crippen molar-refractivity contribution in [3.05, 3.63) is 29.8 Å². The standard InChI is InChI=1S/C14H22N2O2/c1-4-9-16(14(17)18-11(2)3)10-12-7-5-6-8-13(12)15/h5-8,11H,4,9-10,15H2,1-3H3. The van der Waals surface area contributed by atoms with Gasteiger partial charge in [-0.3, -0.25) is 0 Å². The molecule has 0 unspecified atom stereocenters. The highest BCUT2D eigenvalue weighted by Gasteiger charge is 2.16. The van der Waals surface area contributed by atoms with E-state index in [1.165, 1.54) is 0 Å². The van der Waals surface area contributed by atoms with Crippen LogP contribution in [0.15, 0.2) is 24.3 Å². The summed E-state index contributed by atoms with van der Waals surface area (Å²) in [5, 5.41) is 0. The zero-order chi connectivity index (χ0) is 13.5. The summed E-state index contributed by atoms with van der Waals surface area (Å²) in [6.45, 7) is 6.88. The number of rotatable bonds is 5. The van der Waals surface area contributed by atoms with Crippen LogP contribution in [0.5, 0.6) is 0 Å². The van der Waals surface area contributed by atoms with Gasteiger partial charge in [0.2, 0.25) is 0 Å². The van der Waals surface area contributed by atoms with E-state index in [1.54, 1.807) is 4.90 Å². The van der Waals surface area contributed by atoms with Gasteiger partial charge in [-0.05, 0) is 31.9 Å². The quantitative estimate of drug-likeness (QED) is 0.817. The molecule has 0 saturated carbocycles. The van der Waals surface area contributed by atoms with Crippen molar-refractivity contribution < 1.29 is 9.53 Å². The largest absolute Gasteiger partial charge is 0.447 e. The minimum Gasteiger partial charge on any atom is -0.447 e. The fourth-order valence-corrected chi connectivity index (χ4v) is 1.66. The summed E-state index contributed by atoms with van der Waals surface area (Å²) in [4.78, 5) is 13.6. The molecule has 4 heteroatoms. The first-order valence-electron chi connectivity index (χ1n) is 6.33. The van der Waals surface area contributed by atoms with E-state index in [0.717, 1.165) is 12.0 Å². The summed E-state index contributed by atoms with van der Waals surface area (Å²) in [6, 6.07) is 7.58. The fourth-order valence-electron chi connectivity index (χ4n) is 1.66. The average Bonchev–Trinajstić information content (AvgIpc) is 2.30. The molecule has 0 radical (unpaired) electrons. The van der Waals surface area contributed by atoms with Crippen molar-refractivity contribution >= 4 is 11.8 Å². The molecule has 1 rings (SSSR count). The van der Waals surface area contributed by atoms with Crippen LogP contribution in [0.4, 0.5) is 10.5 Å². The molecule has 0 fully saturated rings. The van der Waals surface area contributed by atoms with E-state index in [0.29, 0.717) is 18.8 Å². The molecule has 1 aromatic rings. The number of carbonyl (C=O) groups excluding carboxylic acids is 1. The lowest BCUT2D eigenvalue weighted by atomic mass is 10.1. The normalized spacial score (nSPS) is 10.4. The maximum absolute atomic E-state index is 11.9. The first-order chi connectivity index (χ1) is 8.54. The van der Waals surface area contributed by atoms with Crippen LogP contribution in [0.25, 0.3) is 0 Å². The summed E-state index contributed by atoms with van der Waals surface area (Å²) in [6.07, 6.45) is 0.500. The number of anilines is 1. The number of hydrogen-bond donors (Lipinski definition) is 1. The molecule has 0 atom stereocenters. The second-order valence-corrected chi connectivity index (χ2v) is 4.55. The van der Waals surface area contributed by atoms with E-state index >= 15 is 0 Å². The van der Waals surface area contributed by atoms with Crippen molar-refractivity contribution in [2.24, 2.45) is 0 Å². The minimum atomic E-state index is -0.282. The summed E-state index contributed by atoms with van der Waals surface area (Å²) < 4.78 is 5.22. The third-order valence-corrected chi connectivity index (χ3v) is 2.50. The molecule has 18 heavy (non-hydrogen) atoms. The van der Waals surface area contributed by atoms with Gasteiger partial charge in [0, 0.05) is 12.2 Å². The first kappa shape index (κ1) is 14.4. The SMILES string of the molecule is CCCN(Cc1ccccc1N)C(=O)OC(C)C. The Balaban J connectivity index is 2.74. The van der Waals surface area contributed by atoms with Crippen molar-refractivity contribution in [1.29, 1.82) is 0 Å². The van der Waals surface area contributed by atoms with Crippen LogP contribution in [0.2, 0.25) is 0 Å². The van der Waals surface area contributed by atoms with Gasteiger partial charge in [-0.25, -0.2) is 4.79 Å². The number of benzene rings is 1. The predicted octanol–water partition coefficient (Wildman–Crippen LogP) is 3.03. The van der Waals surface area contributed by atoms with Crippen molar-refractivity contribution in [2.45, 2.75) is 39.8 Å². The second-order valence-electron chi connectivity index (χ2n) is 4.55. The summed E-state index contributed by atoms with van der Waals surface area (Å²) in [7, 11) is 0. The molecule has 100 valence electrons. The van der Waals surface area contributed by atoms with Crippen LogP contribution in [0.1, 0.15) is 32.8 Å². The number of amides is 1. The Morgan fingerprint density at radius 3 is 2.61 bits per heavy atom. The van der Waals surface area contributed by atoms with Gasteiger partial charge in [-0.2, -0.15) is 0 Å². The molecule has 0 aromatic heterocycles. The number of ether oxygens (including phenoxy) is 1. The molecule has 0 aliphatic heterocycles. The lowest BCUT2D eigenvalue weighted by molar-refractivity contribution is 0.0746. The van der Waals surface area contributed by atoms with Crippen molar-refractivity contribution in [3.63, 3.8) is 0 Å². The van der Waals surface area contributed by atoms with Gasteiger partial charge in [0.15, 0.2) is 0 Å².